The maximum Gasteiger partial charge on any atom is 0.228 e. The van der Waals surface area contributed by atoms with Crippen LogP contribution in [-0.4, -0.2) is 34.4 Å². The number of carbonyl (C=O) groups excluding carboxylic acids is 1. The number of nitrogens with two attached hydrogens (primary N) is 1. The summed E-state index contributed by atoms with van der Waals surface area (Å²) in [5, 5.41) is 2.84. The first kappa shape index (κ1) is 17.6. The van der Waals surface area contributed by atoms with E-state index in [2.05, 4.69) is 23.8 Å². The lowest BCUT2D eigenvalue weighted by atomic mass is 10.1. The highest BCUT2D eigenvalue weighted by atomic mass is 32.1. The molecule has 0 saturated heterocycles. The molecule has 0 fully saturated rings. The Bertz CT molecular complexity index is 627. The Morgan fingerprint density at radius 3 is 2.70 bits per heavy atom. The highest BCUT2D eigenvalue weighted by molar-refractivity contribution is 7.09. The SMILES string of the molecule is CC(C)C(N)c1nc(CC(=O)N(C)CCc2ccncc2)cs1. The first-order valence-corrected chi connectivity index (χ1v) is 8.68. The van der Waals surface area contributed by atoms with E-state index in [1.807, 2.05) is 24.6 Å². The summed E-state index contributed by atoms with van der Waals surface area (Å²) in [4.78, 5) is 22.5. The van der Waals surface area contributed by atoms with Crippen molar-refractivity contribution >= 4 is 17.2 Å². The predicted molar refractivity (Wildman–Crippen MR) is 93.2 cm³/mol. The van der Waals surface area contributed by atoms with Crippen LogP contribution >= 0.6 is 11.3 Å². The van der Waals surface area contributed by atoms with Gasteiger partial charge in [-0.2, -0.15) is 0 Å². The summed E-state index contributed by atoms with van der Waals surface area (Å²) in [5.74, 6) is 0.418. The van der Waals surface area contributed by atoms with Crippen LogP contribution in [0.2, 0.25) is 0 Å². The number of amides is 1. The maximum absolute atomic E-state index is 12.3. The largest absolute Gasteiger partial charge is 0.345 e. The number of carbonyl (C=O) groups is 1. The maximum atomic E-state index is 12.3. The molecule has 0 bridgehead atoms. The van der Waals surface area contributed by atoms with Crippen molar-refractivity contribution in [2.45, 2.75) is 32.7 Å². The van der Waals surface area contributed by atoms with E-state index in [-0.39, 0.29) is 11.9 Å². The zero-order valence-corrected chi connectivity index (χ0v) is 14.7. The summed E-state index contributed by atoms with van der Waals surface area (Å²) in [6.07, 6.45) is 4.69. The summed E-state index contributed by atoms with van der Waals surface area (Å²) < 4.78 is 0. The van der Waals surface area contributed by atoms with Gasteiger partial charge in [0, 0.05) is 31.4 Å². The Kier molecular flexibility index (Phi) is 6.24. The van der Waals surface area contributed by atoms with Crippen LogP contribution in [0.5, 0.6) is 0 Å². The van der Waals surface area contributed by atoms with Crippen LogP contribution in [0.3, 0.4) is 0 Å². The summed E-state index contributed by atoms with van der Waals surface area (Å²) in [7, 11) is 1.83. The Morgan fingerprint density at radius 1 is 1.35 bits per heavy atom. The van der Waals surface area contributed by atoms with Gasteiger partial charge >= 0.3 is 0 Å². The molecule has 2 N–H and O–H groups in total. The summed E-state index contributed by atoms with van der Waals surface area (Å²) >= 11 is 1.54. The number of rotatable bonds is 7. The van der Waals surface area contributed by atoms with Crippen molar-refractivity contribution in [3.63, 3.8) is 0 Å². The second kappa shape index (κ2) is 8.17. The van der Waals surface area contributed by atoms with Crippen molar-refractivity contribution in [3.05, 3.63) is 46.2 Å². The number of aromatic nitrogens is 2. The molecular weight excluding hydrogens is 308 g/mol. The van der Waals surface area contributed by atoms with Crippen LogP contribution in [0.15, 0.2) is 29.9 Å². The minimum atomic E-state index is -0.0618. The van der Waals surface area contributed by atoms with Gasteiger partial charge in [-0.15, -0.1) is 11.3 Å². The molecule has 0 radical (unpaired) electrons. The van der Waals surface area contributed by atoms with Crippen molar-refractivity contribution in [3.8, 4) is 0 Å². The van der Waals surface area contributed by atoms with Gasteiger partial charge < -0.3 is 10.6 Å². The number of thiazole rings is 1. The van der Waals surface area contributed by atoms with Crippen LogP contribution in [0.25, 0.3) is 0 Å². The van der Waals surface area contributed by atoms with E-state index >= 15 is 0 Å². The number of hydrogen-bond acceptors (Lipinski definition) is 5. The molecule has 2 rings (SSSR count). The van der Waals surface area contributed by atoms with Gasteiger partial charge in [0.05, 0.1) is 18.2 Å². The van der Waals surface area contributed by atoms with Crippen LogP contribution in [0, 0.1) is 5.92 Å². The molecule has 0 spiro atoms. The second-order valence-electron chi connectivity index (χ2n) is 6.04. The van der Waals surface area contributed by atoms with E-state index in [0.29, 0.717) is 18.9 Å². The Labute approximate surface area is 141 Å². The van der Waals surface area contributed by atoms with Gasteiger partial charge in [-0.25, -0.2) is 4.98 Å². The van der Waals surface area contributed by atoms with Crippen molar-refractivity contribution in [2.24, 2.45) is 11.7 Å². The van der Waals surface area contributed by atoms with E-state index in [1.54, 1.807) is 17.3 Å². The van der Waals surface area contributed by atoms with Crippen molar-refractivity contribution in [2.75, 3.05) is 13.6 Å². The lowest BCUT2D eigenvalue weighted by Gasteiger charge is -2.16. The number of hydrogen-bond donors (Lipinski definition) is 1. The topological polar surface area (TPSA) is 72.1 Å². The van der Waals surface area contributed by atoms with Crippen LogP contribution < -0.4 is 5.73 Å². The molecule has 2 aromatic heterocycles. The molecule has 2 heterocycles. The molecule has 0 aromatic carbocycles. The number of nitrogens with zero attached hydrogens (tertiary/aromatic N) is 3. The molecule has 0 saturated carbocycles. The predicted octanol–water partition coefficient (Wildman–Crippen LogP) is 2.44. The fourth-order valence-electron chi connectivity index (χ4n) is 2.10. The molecule has 1 unspecified atom stereocenters. The van der Waals surface area contributed by atoms with Crippen LogP contribution in [-0.2, 0) is 17.6 Å². The van der Waals surface area contributed by atoms with E-state index in [1.165, 1.54) is 16.9 Å². The van der Waals surface area contributed by atoms with Crippen molar-refractivity contribution in [1.29, 1.82) is 0 Å². The number of likely N-dealkylation sites (N-methyl/N-ethyl adjacent to an activating group) is 1. The molecular formula is C17H24N4OS. The molecule has 6 heteroatoms. The zero-order chi connectivity index (χ0) is 16.8. The van der Waals surface area contributed by atoms with E-state index in [9.17, 15) is 4.79 Å². The average molecular weight is 332 g/mol. The highest BCUT2D eigenvalue weighted by Crippen LogP contribution is 2.22. The fourth-order valence-corrected chi connectivity index (χ4v) is 3.10. The Morgan fingerprint density at radius 2 is 2.04 bits per heavy atom. The van der Waals surface area contributed by atoms with E-state index in [4.69, 9.17) is 5.73 Å². The molecule has 2 aromatic rings. The molecule has 1 amide bonds. The molecule has 0 aliphatic rings. The van der Waals surface area contributed by atoms with Gasteiger partial charge in [0.25, 0.3) is 0 Å². The normalized spacial score (nSPS) is 12.4. The monoisotopic (exact) mass is 332 g/mol. The van der Waals surface area contributed by atoms with Crippen LogP contribution in [0.1, 0.15) is 36.2 Å². The third-order valence-electron chi connectivity index (χ3n) is 3.82. The first-order chi connectivity index (χ1) is 11.0. The molecule has 23 heavy (non-hydrogen) atoms. The minimum Gasteiger partial charge on any atom is -0.345 e. The van der Waals surface area contributed by atoms with E-state index < -0.39 is 0 Å². The van der Waals surface area contributed by atoms with Gasteiger partial charge in [-0.3, -0.25) is 9.78 Å². The van der Waals surface area contributed by atoms with Crippen molar-refractivity contribution < 1.29 is 4.79 Å². The first-order valence-electron chi connectivity index (χ1n) is 7.80. The number of pyridine rings is 1. The van der Waals surface area contributed by atoms with Gasteiger partial charge in [-0.1, -0.05) is 13.8 Å². The molecule has 0 aliphatic heterocycles. The quantitative estimate of drug-likeness (QED) is 0.845. The average Bonchev–Trinajstić information content (AvgIpc) is 3.01. The van der Waals surface area contributed by atoms with Gasteiger partial charge in [0.1, 0.15) is 5.01 Å². The molecule has 124 valence electrons. The Balaban J connectivity index is 1.86. The fraction of sp³-hybridized carbons (Fsp3) is 0.471. The smallest absolute Gasteiger partial charge is 0.228 e. The minimum absolute atomic E-state index is 0.0618. The molecule has 1 atom stereocenters. The highest BCUT2D eigenvalue weighted by Gasteiger charge is 2.17. The third-order valence-corrected chi connectivity index (χ3v) is 4.81. The van der Waals surface area contributed by atoms with Gasteiger partial charge in [0.15, 0.2) is 0 Å². The van der Waals surface area contributed by atoms with Gasteiger partial charge in [0.2, 0.25) is 5.91 Å². The second-order valence-corrected chi connectivity index (χ2v) is 6.93. The molecule has 0 aliphatic carbocycles. The van der Waals surface area contributed by atoms with E-state index in [0.717, 1.165) is 17.1 Å². The summed E-state index contributed by atoms with van der Waals surface area (Å²) in [6.45, 7) is 4.83. The Hall–Kier alpha value is -1.79. The van der Waals surface area contributed by atoms with Crippen LogP contribution in [0.4, 0.5) is 0 Å². The lowest BCUT2D eigenvalue weighted by Crippen LogP contribution is -2.30. The lowest BCUT2D eigenvalue weighted by molar-refractivity contribution is -0.129. The van der Waals surface area contributed by atoms with Gasteiger partial charge in [-0.05, 0) is 30.0 Å². The summed E-state index contributed by atoms with van der Waals surface area (Å²) in [5.41, 5.74) is 8.09. The summed E-state index contributed by atoms with van der Waals surface area (Å²) in [6, 6.07) is 3.88. The standard InChI is InChI=1S/C17H24N4OS/c1-12(2)16(18)17-20-14(11-23-17)10-15(22)21(3)9-6-13-4-7-19-8-5-13/h4-5,7-8,11-12,16H,6,9-10,18H2,1-3H3. The zero-order valence-electron chi connectivity index (χ0n) is 13.9. The molecule has 5 nitrogen and oxygen atoms in total. The third kappa shape index (κ3) is 5.11. The van der Waals surface area contributed by atoms with Crippen molar-refractivity contribution in [1.82, 2.24) is 14.9 Å².